The fourth-order valence-electron chi connectivity index (χ4n) is 1.30. The molecule has 1 aromatic rings. The van der Waals surface area contributed by atoms with Crippen LogP contribution in [0.1, 0.15) is 12.5 Å². The third-order valence-electron chi connectivity index (χ3n) is 2.18. The molecule has 94 valence electrons. The van der Waals surface area contributed by atoms with E-state index in [2.05, 4.69) is 17.6 Å². The Labute approximate surface area is 123 Å². The molecule has 0 saturated carbocycles. The summed E-state index contributed by atoms with van der Waals surface area (Å²) < 4.78 is 0. The minimum Gasteiger partial charge on any atom is -0.508 e. The number of thiol groups is 1. The summed E-state index contributed by atoms with van der Waals surface area (Å²) in [5, 5.41) is 27.5. The van der Waals surface area contributed by atoms with E-state index in [4.69, 9.17) is 10.2 Å². The predicted molar refractivity (Wildman–Crippen MR) is 67.3 cm³/mol. The largest absolute Gasteiger partial charge is 0.508 e. The standard InChI is InChI=1S/C11H13NO4S.Zn/c1-6(12-9(5-17)11(15)16)8-3-2-7(13)4-10(8)14;/h2-4,9,13-14,17H,5H2,1H3,(H,15,16);. The van der Waals surface area contributed by atoms with E-state index in [1.807, 2.05) is 0 Å². The maximum atomic E-state index is 10.8. The minimum atomic E-state index is -1.07. The molecule has 0 fully saturated rings. The number of aliphatic carboxylic acids is 1. The predicted octanol–water partition coefficient (Wildman–Crippen LogP) is 1.29. The van der Waals surface area contributed by atoms with Gasteiger partial charge in [0.15, 0.2) is 6.04 Å². The normalized spacial score (nSPS) is 12.7. The van der Waals surface area contributed by atoms with Gasteiger partial charge in [-0.2, -0.15) is 12.6 Å². The summed E-state index contributed by atoms with van der Waals surface area (Å²) >= 11 is 3.89. The molecule has 0 heterocycles. The molecule has 3 N–H and O–H groups in total. The maximum absolute atomic E-state index is 10.8. The van der Waals surface area contributed by atoms with Crippen LogP contribution in [0.4, 0.5) is 0 Å². The van der Waals surface area contributed by atoms with Crippen LogP contribution in [0.2, 0.25) is 0 Å². The first-order valence-electron chi connectivity index (χ1n) is 4.86. The molecule has 0 aromatic heterocycles. The van der Waals surface area contributed by atoms with Crippen molar-refractivity contribution in [2.24, 2.45) is 4.99 Å². The third kappa shape index (κ3) is 4.31. The van der Waals surface area contributed by atoms with Gasteiger partial charge in [0.05, 0.1) is 0 Å². The smallest absolute Gasteiger partial charge is 0.329 e. The van der Waals surface area contributed by atoms with Crippen molar-refractivity contribution in [2.75, 3.05) is 5.75 Å². The van der Waals surface area contributed by atoms with Gasteiger partial charge in [-0.3, -0.25) is 4.99 Å². The molecule has 5 nitrogen and oxygen atoms in total. The van der Waals surface area contributed by atoms with Crippen molar-refractivity contribution >= 4 is 24.3 Å². The van der Waals surface area contributed by atoms with Crippen LogP contribution in [0.25, 0.3) is 0 Å². The monoisotopic (exact) mass is 319 g/mol. The van der Waals surface area contributed by atoms with E-state index in [0.717, 1.165) is 0 Å². The minimum absolute atomic E-state index is 0. The Morgan fingerprint density at radius 2 is 2.06 bits per heavy atom. The number of rotatable bonds is 4. The molecule has 0 saturated heterocycles. The summed E-state index contributed by atoms with van der Waals surface area (Å²) in [7, 11) is 0. The fraction of sp³-hybridized carbons (Fsp3) is 0.273. The second-order valence-electron chi connectivity index (χ2n) is 3.45. The Morgan fingerprint density at radius 1 is 1.44 bits per heavy atom. The number of carbonyl (C=O) groups is 1. The fourth-order valence-corrected chi connectivity index (χ4v) is 1.54. The van der Waals surface area contributed by atoms with Gasteiger partial charge in [0, 0.05) is 42.6 Å². The van der Waals surface area contributed by atoms with Crippen molar-refractivity contribution in [1.82, 2.24) is 0 Å². The summed E-state index contributed by atoms with van der Waals surface area (Å²) in [5.74, 6) is -1.21. The van der Waals surface area contributed by atoms with E-state index in [-0.39, 0.29) is 36.7 Å². The number of hydrogen-bond acceptors (Lipinski definition) is 5. The second kappa shape index (κ2) is 7.39. The zero-order valence-corrected chi connectivity index (χ0v) is 13.7. The van der Waals surface area contributed by atoms with Gasteiger partial charge in [-0.05, 0) is 19.1 Å². The first kappa shape index (κ1) is 16.9. The quantitative estimate of drug-likeness (QED) is 0.382. The average molecular weight is 321 g/mol. The van der Waals surface area contributed by atoms with Crippen LogP contribution in [0, 0.1) is 0 Å². The van der Waals surface area contributed by atoms with E-state index < -0.39 is 12.0 Å². The third-order valence-corrected chi connectivity index (χ3v) is 2.52. The Hall–Kier alpha value is -1.07. The van der Waals surface area contributed by atoms with Crippen molar-refractivity contribution in [3.63, 3.8) is 0 Å². The van der Waals surface area contributed by atoms with Crippen LogP contribution in [0.5, 0.6) is 11.5 Å². The molecule has 0 aliphatic rings. The molecule has 1 unspecified atom stereocenters. The van der Waals surface area contributed by atoms with Crippen molar-refractivity contribution in [2.45, 2.75) is 13.0 Å². The number of carboxylic acids is 1. The molecular weight excluding hydrogens is 308 g/mol. The van der Waals surface area contributed by atoms with E-state index in [9.17, 15) is 9.90 Å². The summed E-state index contributed by atoms with van der Waals surface area (Å²) in [6.07, 6.45) is 0. The second-order valence-corrected chi connectivity index (χ2v) is 3.82. The number of nitrogens with zero attached hydrogens (tertiary/aromatic N) is 1. The number of aromatic hydroxyl groups is 2. The van der Waals surface area contributed by atoms with Gasteiger partial charge in [0.1, 0.15) is 11.5 Å². The number of phenolic OH excluding ortho intramolecular Hbond substituents is 2. The Bertz CT molecular complexity index is 464. The number of carboxylic acid groups (broad SMARTS) is 1. The molecule has 18 heavy (non-hydrogen) atoms. The number of benzene rings is 1. The van der Waals surface area contributed by atoms with Gasteiger partial charge in [-0.15, -0.1) is 0 Å². The molecule has 0 bridgehead atoms. The Morgan fingerprint density at radius 3 is 2.50 bits per heavy atom. The van der Waals surface area contributed by atoms with Gasteiger partial charge in [0.2, 0.25) is 0 Å². The van der Waals surface area contributed by atoms with E-state index in [1.165, 1.54) is 18.2 Å². The van der Waals surface area contributed by atoms with Crippen LogP contribution >= 0.6 is 12.6 Å². The SMILES string of the molecule is CC(=NC(CS)C(=O)O)c1ccc(O)cc1O.[Zn]. The first-order valence-corrected chi connectivity index (χ1v) is 5.49. The molecule has 0 amide bonds. The molecule has 1 aromatic carbocycles. The number of hydrogen-bond donors (Lipinski definition) is 4. The van der Waals surface area contributed by atoms with Gasteiger partial charge >= 0.3 is 5.97 Å². The van der Waals surface area contributed by atoms with E-state index >= 15 is 0 Å². The Kier molecular flexibility index (Phi) is 6.95. The van der Waals surface area contributed by atoms with Gasteiger partial charge < -0.3 is 15.3 Å². The summed E-state index contributed by atoms with van der Waals surface area (Å²) in [6, 6.07) is 3.09. The zero-order chi connectivity index (χ0) is 13.0. The number of aliphatic imine (C=N–C) groups is 1. The number of phenols is 2. The average Bonchev–Trinajstić information content (AvgIpc) is 2.24. The van der Waals surface area contributed by atoms with Crippen LogP contribution in [-0.2, 0) is 24.3 Å². The topological polar surface area (TPSA) is 90.1 Å². The molecule has 0 radical (unpaired) electrons. The van der Waals surface area contributed by atoms with Gasteiger partial charge in [-0.1, -0.05) is 0 Å². The zero-order valence-electron chi connectivity index (χ0n) is 9.87. The molecule has 1 rings (SSSR count). The molecule has 0 aliphatic heterocycles. The van der Waals surface area contributed by atoms with Gasteiger partial charge in [0.25, 0.3) is 0 Å². The van der Waals surface area contributed by atoms with Crippen molar-refractivity contribution in [3.8, 4) is 11.5 Å². The molecule has 0 spiro atoms. The van der Waals surface area contributed by atoms with Crippen molar-refractivity contribution < 1.29 is 39.6 Å². The summed E-state index contributed by atoms with van der Waals surface area (Å²) in [6.45, 7) is 1.59. The molecular formula is C11H13NO4SZn. The van der Waals surface area contributed by atoms with Crippen molar-refractivity contribution in [1.29, 1.82) is 0 Å². The molecule has 1 atom stereocenters. The van der Waals surface area contributed by atoms with Crippen LogP contribution in [-0.4, -0.2) is 38.8 Å². The van der Waals surface area contributed by atoms with Gasteiger partial charge in [-0.25, -0.2) is 4.79 Å². The van der Waals surface area contributed by atoms with Crippen molar-refractivity contribution in [3.05, 3.63) is 23.8 Å². The summed E-state index contributed by atoms with van der Waals surface area (Å²) in [4.78, 5) is 14.7. The Balaban J connectivity index is 0.00000289. The van der Waals surface area contributed by atoms with E-state index in [1.54, 1.807) is 6.92 Å². The first-order chi connectivity index (χ1) is 7.95. The van der Waals surface area contributed by atoms with Crippen LogP contribution < -0.4 is 0 Å². The summed E-state index contributed by atoms with van der Waals surface area (Å²) in [5.41, 5.74) is 0.764. The molecule has 0 aliphatic carbocycles. The van der Waals surface area contributed by atoms with Crippen LogP contribution in [0.15, 0.2) is 23.2 Å². The maximum Gasteiger partial charge on any atom is 0.329 e. The van der Waals surface area contributed by atoms with Crippen LogP contribution in [0.3, 0.4) is 0 Å². The van der Waals surface area contributed by atoms with E-state index in [0.29, 0.717) is 11.3 Å². The molecule has 7 heteroatoms.